The van der Waals surface area contributed by atoms with E-state index < -0.39 is 0 Å². The first-order chi connectivity index (χ1) is 8.77. The minimum absolute atomic E-state index is 0.119. The summed E-state index contributed by atoms with van der Waals surface area (Å²) < 4.78 is 5.51. The van der Waals surface area contributed by atoms with Crippen molar-refractivity contribution in [2.75, 3.05) is 36.5 Å². The third-order valence-electron chi connectivity index (χ3n) is 3.71. The molecular weight excluding hydrogens is 228 g/mol. The number of rotatable bonds is 1. The molecule has 0 radical (unpaired) electrons. The number of para-hydroxylation sites is 2. The van der Waals surface area contributed by atoms with E-state index in [0.29, 0.717) is 6.61 Å². The Morgan fingerprint density at radius 1 is 1.28 bits per heavy atom. The molecule has 2 heterocycles. The molecule has 1 atom stereocenters. The first-order valence-electron chi connectivity index (χ1n) is 6.50. The van der Waals surface area contributed by atoms with Gasteiger partial charge in [-0.25, -0.2) is 0 Å². The predicted octanol–water partition coefficient (Wildman–Crippen LogP) is 1.65. The Bertz CT molecular complexity index is 455. The third kappa shape index (κ3) is 1.86. The Balaban J connectivity index is 1.89. The molecule has 0 aromatic heterocycles. The first kappa shape index (κ1) is 11.5. The Morgan fingerprint density at radius 2 is 2.06 bits per heavy atom. The van der Waals surface area contributed by atoms with Crippen LogP contribution >= 0.6 is 0 Å². The molecular formula is C14H18N2O2. The maximum Gasteiger partial charge on any atom is 0.256 e. The van der Waals surface area contributed by atoms with Crippen molar-refractivity contribution in [1.82, 2.24) is 0 Å². The van der Waals surface area contributed by atoms with Gasteiger partial charge in [0.1, 0.15) is 6.10 Å². The Kier molecular flexibility index (Phi) is 2.96. The SMILES string of the molecule is CN1CCN(C(=O)C2CCCO2)c2ccccc21. The van der Waals surface area contributed by atoms with Gasteiger partial charge < -0.3 is 14.5 Å². The number of carbonyl (C=O) groups excluding carboxylic acids is 1. The highest BCUT2D eigenvalue weighted by molar-refractivity contribution is 6.00. The van der Waals surface area contributed by atoms with E-state index in [9.17, 15) is 4.79 Å². The lowest BCUT2D eigenvalue weighted by Gasteiger charge is -2.36. The van der Waals surface area contributed by atoms with E-state index in [2.05, 4.69) is 18.0 Å². The molecule has 1 amide bonds. The van der Waals surface area contributed by atoms with Gasteiger partial charge in [0.25, 0.3) is 5.91 Å². The molecule has 1 fully saturated rings. The summed E-state index contributed by atoms with van der Waals surface area (Å²) in [6.45, 7) is 2.33. The van der Waals surface area contributed by atoms with E-state index in [1.165, 1.54) is 0 Å². The Labute approximate surface area is 107 Å². The van der Waals surface area contributed by atoms with Crippen molar-refractivity contribution >= 4 is 17.3 Å². The second-order valence-electron chi connectivity index (χ2n) is 4.90. The summed E-state index contributed by atoms with van der Waals surface area (Å²) in [4.78, 5) is 16.5. The van der Waals surface area contributed by atoms with Crippen LogP contribution in [0.15, 0.2) is 24.3 Å². The molecule has 0 aliphatic carbocycles. The van der Waals surface area contributed by atoms with Gasteiger partial charge in [0, 0.05) is 26.7 Å². The highest BCUT2D eigenvalue weighted by atomic mass is 16.5. The number of amides is 1. The van der Waals surface area contributed by atoms with Crippen LogP contribution in [0.1, 0.15) is 12.8 Å². The molecule has 0 bridgehead atoms. The lowest BCUT2D eigenvalue weighted by molar-refractivity contribution is -0.127. The summed E-state index contributed by atoms with van der Waals surface area (Å²) in [5.74, 6) is 0.119. The fraction of sp³-hybridized carbons (Fsp3) is 0.500. The summed E-state index contributed by atoms with van der Waals surface area (Å²) >= 11 is 0. The normalized spacial score (nSPS) is 23.1. The monoisotopic (exact) mass is 246 g/mol. The number of nitrogens with zero attached hydrogens (tertiary/aromatic N) is 2. The van der Waals surface area contributed by atoms with E-state index in [-0.39, 0.29) is 12.0 Å². The average Bonchev–Trinajstić information content (AvgIpc) is 2.93. The molecule has 3 rings (SSSR count). The van der Waals surface area contributed by atoms with Gasteiger partial charge in [-0.1, -0.05) is 12.1 Å². The van der Waals surface area contributed by atoms with Gasteiger partial charge in [-0.3, -0.25) is 4.79 Å². The van der Waals surface area contributed by atoms with Crippen LogP contribution < -0.4 is 9.80 Å². The Morgan fingerprint density at radius 3 is 2.78 bits per heavy atom. The summed E-state index contributed by atoms with van der Waals surface area (Å²) in [5, 5.41) is 0. The van der Waals surface area contributed by atoms with Crippen LogP contribution in [0, 0.1) is 0 Å². The second kappa shape index (κ2) is 4.61. The lowest BCUT2D eigenvalue weighted by atomic mass is 10.1. The van der Waals surface area contributed by atoms with E-state index in [4.69, 9.17) is 4.74 Å². The standard InChI is InChI=1S/C14H18N2O2/c1-15-8-9-16(12-6-3-2-5-11(12)15)14(17)13-7-4-10-18-13/h2-3,5-6,13H,4,7-10H2,1H3. The smallest absolute Gasteiger partial charge is 0.256 e. The summed E-state index contributed by atoms with van der Waals surface area (Å²) in [5.41, 5.74) is 2.13. The summed E-state index contributed by atoms with van der Waals surface area (Å²) in [7, 11) is 2.06. The molecule has 0 spiro atoms. The van der Waals surface area contributed by atoms with Crippen LogP contribution in [0.2, 0.25) is 0 Å². The van der Waals surface area contributed by atoms with Crippen molar-refractivity contribution in [2.24, 2.45) is 0 Å². The molecule has 1 saturated heterocycles. The molecule has 2 aliphatic rings. The number of likely N-dealkylation sites (N-methyl/N-ethyl adjacent to an activating group) is 1. The maximum atomic E-state index is 12.5. The number of carbonyl (C=O) groups is 1. The fourth-order valence-electron chi connectivity index (χ4n) is 2.68. The average molecular weight is 246 g/mol. The number of anilines is 2. The van der Waals surface area contributed by atoms with Gasteiger partial charge in [0.2, 0.25) is 0 Å². The minimum Gasteiger partial charge on any atom is -0.371 e. The quantitative estimate of drug-likeness (QED) is 0.755. The number of benzene rings is 1. The summed E-state index contributed by atoms with van der Waals surface area (Å²) in [6, 6.07) is 8.06. The van der Waals surface area contributed by atoms with Gasteiger partial charge in [-0.2, -0.15) is 0 Å². The van der Waals surface area contributed by atoms with Crippen LogP contribution in [0.3, 0.4) is 0 Å². The van der Waals surface area contributed by atoms with Crippen molar-refractivity contribution in [3.8, 4) is 0 Å². The first-order valence-corrected chi connectivity index (χ1v) is 6.50. The molecule has 0 saturated carbocycles. The molecule has 0 N–H and O–H groups in total. The van der Waals surface area contributed by atoms with Gasteiger partial charge in [0.15, 0.2) is 0 Å². The minimum atomic E-state index is -0.235. The number of hydrogen-bond acceptors (Lipinski definition) is 3. The van der Waals surface area contributed by atoms with Crippen molar-refractivity contribution < 1.29 is 9.53 Å². The van der Waals surface area contributed by atoms with E-state index in [0.717, 1.165) is 37.3 Å². The number of ether oxygens (including phenoxy) is 1. The zero-order valence-corrected chi connectivity index (χ0v) is 10.6. The van der Waals surface area contributed by atoms with Crippen LogP contribution in [0.25, 0.3) is 0 Å². The van der Waals surface area contributed by atoms with Crippen molar-refractivity contribution in [3.05, 3.63) is 24.3 Å². The highest BCUT2D eigenvalue weighted by Gasteiger charge is 2.32. The van der Waals surface area contributed by atoms with E-state index in [1.54, 1.807) is 0 Å². The molecule has 2 aliphatic heterocycles. The second-order valence-corrected chi connectivity index (χ2v) is 4.90. The summed E-state index contributed by atoms with van der Waals surface area (Å²) in [6.07, 6.45) is 1.61. The zero-order chi connectivity index (χ0) is 12.5. The lowest BCUT2D eigenvalue weighted by Crippen LogP contribution is -2.46. The van der Waals surface area contributed by atoms with Crippen LogP contribution in [0.4, 0.5) is 11.4 Å². The molecule has 4 heteroatoms. The highest BCUT2D eigenvalue weighted by Crippen LogP contribution is 2.33. The van der Waals surface area contributed by atoms with Gasteiger partial charge in [0.05, 0.1) is 11.4 Å². The molecule has 1 unspecified atom stereocenters. The predicted molar refractivity (Wildman–Crippen MR) is 71.0 cm³/mol. The molecule has 1 aromatic rings. The van der Waals surface area contributed by atoms with Gasteiger partial charge >= 0.3 is 0 Å². The van der Waals surface area contributed by atoms with Crippen LogP contribution in [-0.2, 0) is 9.53 Å². The third-order valence-corrected chi connectivity index (χ3v) is 3.71. The Hall–Kier alpha value is -1.55. The van der Waals surface area contributed by atoms with Crippen LogP contribution in [0.5, 0.6) is 0 Å². The number of fused-ring (bicyclic) bond motifs is 1. The number of hydrogen-bond donors (Lipinski definition) is 0. The van der Waals surface area contributed by atoms with Crippen molar-refractivity contribution in [2.45, 2.75) is 18.9 Å². The topological polar surface area (TPSA) is 32.8 Å². The van der Waals surface area contributed by atoms with Gasteiger partial charge in [-0.05, 0) is 25.0 Å². The molecule has 18 heavy (non-hydrogen) atoms. The van der Waals surface area contributed by atoms with Gasteiger partial charge in [-0.15, -0.1) is 0 Å². The molecule has 1 aromatic carbocycles. The van der Waals surface area contributed by atoms with E-state index >= 15 is 0 Å². The zero-order valence-electron chi connectivity index (χ0n) is 10.6. The van der Waals surface area contributed by atoms with Crippen molar-refractivity contribution in [3.63, 3.8) is 0 Å². The molecule has 96 valence electrons. The fourth-order valence-corrected chi connectivity index (χ4v) is 2.68. The largest absolute Gasteiger partial charge is 0.371 e. The van der Waals surface area contributed by atoms with Crippen LogP contribution in [-0.4, -0.2) is 38.8 Å². The molecule has 4 nitrogen and oxygen atoms in total. The van der Waals surface area contributed by atoms with Crippen molar-refractivity contribution in [1.29, 1.82) is 0 Å². The van der Waals surface area contributed by atoms with E-state index in [1.807, 2.05) is 23.1 Å². The maximum absolute atomic E-state index is 12.5.